The normalized spacial score (nSPS) is 15.6. The van der Waals surface area contributed by atoms with E-state index in [9.17, 15) is 9.59 Å². The van der Waals surface area contributed by atoms with Crippen molar-refractivity contribution in [3.63, 3.8) is 0 Å². The Balaban J connectivity index is 1.14. The molecule has 4 aromatic rings. The van der Waals surface area contributed by atoms with Crippen LogP contribution in [-0.4, -0.2) is 58.0 Å². The zero-order chi connectivity index (χ0) is 23.5. The highest BCUT2D eigenvalue weighted by Gasteiger charge is 2.23. The molecule has 8 nitrogen and oxygen atoms in total. The number of amides is 2. The first kappa shape index (κ1) is 22.8. The Morgan fingerprint density at radius 1 is 1.24 bits per heavy atom. The van der Waals surface area contributed by atoms with Gasteiger partial charge in [-0.2, -0.15) is 0 Å². The van der Waals surface area contributed by atoms with E-state index in [1.54, 1.807) is 17.6 Å². The summed E-state index contributed by atoms with van der Waals surface area (Å²) in [5, 5.41) is 7.77. The number of carbonyl (C=O) groups excluding carboxylic acids is 1. The summed E-state index contributed by atoms with van der Waals surface area (Å²) in [6.07, 6.45) is 3.30. The van der Waals surface area contributed by atoms with E-state index in [-0.39, 0.29) is 17.6 Å². The monoisotopic (exact) mass is 497 g/mol. The van der Waals surface area contributed by atoms with Crippen LogP contribution in [0.1, 0.15) is 24.9 Å². The third-order valence-electron chi connectivity index (χ3n) is 6.09. The Labute approximate surface area is 205 Å². The molecule has 5 heterocycles. The molecule has 0 spiro atoms. The highest BCUT2D eigenvalue weighted by Crippen LogP contribution is 2.33. The zero-order valence-electron chi connectivity index (χ0n) is 19.0. The fourth-order valence-corrected chi connectivity index (χ4v) is 5.97. The minimum Gasteiger partial charge on any atom is -0.469 e. The molecule has 1 atom stereocenters. The maximum Gasteiger partial charge on any atom is 0.317 e. The number of hydrogen-bond acceptors (Lipinski definition) is 7. The van der Waals surface area contributed by atoms with Gasteiger partial charge in [0.25, 0.3) is 5.56 Å². The molecule has 0 aliphatic carbocycles. The maximum absolute atomic E-state index is 12.8. The molecule has 4 aromatic heterocycles. The third-order valence-corrected chi connectivity index (χ3v) is 7.86. The van der Waals surface area contributed by atoms with Crippen LogP contribution in [0, 0.1) is 0 Å². The lowest BCUT2D eigenvalue weighted by molar-refractivity contribution is 0.131. The summed E-state index contributed by atoms with van der Waals surface area (Å²) in [5.74, 6) is 1.60. The van der Waals surface area contributed by atoms with Crippen molar-refractivity contribution in [3.05, 3.63) is 63.2 Å². The number of nitrogens with one attached hydrogen (secondary N) is 2. The van der Waals surface area contributed by atoms with E-state index in [1.165, 1.54) is 11.3 Å². The average Bonchev–Trinajstić information content (AvgIpc) is 3.59. The number of urea groups is 1. The molecule has 1 unspecified atom stereocenters. The molecule has 0 bridgehead atoms. The molecule has 0 radical (unpaired) electrons. The predicted octanol–water partition coefficient (Wildman–Crippen LogP) is 4.15. The molecule has 2 amide bonds. The lowest BCUT2D eigenvalue weighted by atomic mass is 10.1. The lowest BCUT2D eigenvalue weighted by Crippen LogP contribution is -2.53. The summed E-state index contributed by atoms with van der Waals surface area (Å²) in [7, 11) is 0. The topological polar surface area (TPSA) is 94.5 Å². The zero-order valence-corrected chi connectivity index (χ0v) is 20.6. The Kier molecular flexibility index (Phi) is 6.80. The number of aryl methyl sites for hydroxylation is 1. The fraction of sp³-hybridized carbons (Fsp3) is 0.375. The maximum atomic E-state index is 12.8. The molecule has 1 saturated heterocycles. The second kappa shape index (κ2) is 10.1. The number of aromatic nitrogens is 2. The summed E-state index contributed by atoms with van der Waals surface area (Å²) >= 11 is 3.13. The Morgan fingerprint density at radius 2 is 2.09 bits per heavy atom. The molecular weight excluding hydrogens is 470 g/mol. The average molecular weight is 498 g/mol. The number of piperazine rings is 1. The molecule has 0 aromatic carbocycles. The van der Waals surface area contributed by atoms with Crippen molar-refractivity contribution in [2.45, 2.75) is 32.4 Å². The van der Waals surface area contributed by atoms with E-state index in [1.807, 2.05) is 46.8 Å². The van der Waals surface area contributed by atoms with Crippen LogP contribution >= 0.6 is 22.7 Å². The molecule has 34 heavy (non-hydrogen) atoms. The lowest BCUT2D eigenvalue weighted by Gasteiger charge is -2.35. The van der Waals surface area contributed by atoms with Gasteiger partial charge in [0, 0.05) is 54.5 Å². The van der Waals surface area contributed by atoms with E-state index in [4.69, 9.17) is 9.40 Å². The Morgan fingerprint density at radius 3 is 2.82 bits per heavy atom. The molecule has 10 heteroatoms. The van der Waals surface area contributed by atoms with Crippen LogP contribution < -0.4 is 10.9 Å². The van der Waals surface area contributed by atoms with Crippen LogP contribution in [0.3, 0.4) is 0 Å². The number of aromatic amines is 1. The predicted molar refractivity (Wildman–Crippen MR) is 135 cm³/mol. The second-order valence-electron chi connectivity index (χ2n) is 8.55. The van der Waals surface area contributed by atoms with Gasteiger partial charge in [0.15, 0.2) is 0 Å². The minimum atomic E-state index is -0.0915. The molecular formula is C24H27N5O3S2. The first-order chi connectivity index (χ1) is 16.6. The number of rotatable bonds is 7. The number of furan rings is 1. The molecule has 178 valence electrons. The quantitative estimate of drug-likeness (QED) is 0.400. The van der Waals surface area contributed by atoms with Crippen molar-refractivity contribution in [1.82, 2.24) is 25.1 Å². The van der Waals surface area contributed by atoms with Gasteiger partial charge in [0.2, 0.25) is 0 Å². The van der Waals surface area contributed by atoms with E-state index in [2.05, 4.69) is 15.2 Å². The van der Waals surface area contributed by atoms with Crippen molar-refractivity contribution in [3.8, 4) is 10.4 Å². The summed E-state index contributed by atoms with van der Waals surface area (Å²) in [6, 6.07) is 7.88. The van der Waals surface area contributed by atoms with Gasteiger partial charge in [0.05, 0.1) is 18.2 Å². The van der Waals surface area contributed by atoms with E-state index in [0.717, 1.165) is 47.0 Å². The van der Waals surface area contributed by atoms with Gasteiger partial charge in [-0.3, -0.25) is 9.69 Å². The number of hydrogen-bond donors (Lipinski definition) is 2. The van der Waals surface area contributed by atoms with Gasteiger partial charge in [-0.1, -0.05) is 6.07 Å². The van der Waals surface area contributed by atoms with Crippen LogP contribution in [0.2, 0.25) is 0 Å². The van der Waals surface area contributed by atoms with Gasteiger partial charge >= 0.3 is 6.03 Å². The molecule has 5 rings (SSSR count). The second-order valence-corrected chi connectivity index (χ2v) is 10.4. The highest BCUT2D eigenvalue weighted by molar-refractivity contribution is 7.18. The summed E-state index contributed by atoms with van der Waals surface area (Å²) in [5.41, 5.74) is 0.861. The highest BCUT2D eigenvalue weighted by atomic mass is 32.1. The molecule has 1 fully saturated rings. The summed E-state index contributed by atoms with van der Waals surface area (Å²) in [4.78, 5) is 39.1. The number of nitrogens with zero attached hydrogens (tertiary/aromatic N) is 3. The molecule has 1 aliphatic heterocycles. The van der Waals surface area contributed by atoms with Crippen molar-refractivity contribution in [2.75, 3.05) is 26.2 Å². The van der Waals surface area contributed by atoms with Gasteiger partial charge < -0.3 is 19.6 Å². The fourth-order valence-electron chi connectivity index (χ4n) is 4.19. The number of fused-ring (bicyclic) bond motifs is 1. The van der Waals surface area contributed by atoms with Crippen LogP contribution in [-0.2, 0) is 13.0 Å². The molecule has 0 saturated carbocycles. The van der Waals surface area contributed by atoms with Crippen molar-refractivity contribution in [2.24, 2.45) is 0 Å². The number of thiophene rings is 2. The van der Waals surface area contributed by atoms with Gasteiger partial charge in [-0.15, -0.1) is 22.7 Å². The van der Waals surface area contributed by atoms with Gasteiger partial charge in [-0.05, 0) is 36.9 Å². The van der Waals surface area contributed by atoms with Crippen LogP contribution in [0.15, 0.2) is 50.5 Å². The number of H-pyrrole nitrogens is 1. The smallest absolute Gasteiger partial charge is 0.317 e. The Bertz CT molecular complexity index is 1290. The number of carbonyl (C=O) groups is 1. The van der Waals surface area contributed by atoms with Gasteiger partial charge in [-0.25, -0.2) is 9.78 Å². The van der Waals surface area contributed by atoms with E-state index >= 15 is 0 Å². The van der Waals surface area contributed by atoms with Crippen molar-refractivity contribution < 1.29 is 9.21 Å². The van der Waals surface area contributed by atoms with E-state index < -0.39 is 0 Å². The first-order valence-corrected chi connectivity index (χ1v) is 13.2. The standard InChI is InChI=1S/C24H27N5O3S2/c1-16(6-7-17-4-2-12-32-17)25-24(31)29-10-8-28(9-11-29)14-20-26-22(30)21-18(15-34-23(21)27-20)19-5-3-13-33-19/h2-5,12-13,15-16H,6-11,14H2,1H3,(H,25,31)(H,26,27,30). The largest absolute Gasteiger partial charge is 0.469 e. The van der Waals surface area contributed by atoms with Crippen molar-refractivity contribution >= 4 is 38.9 Å². The SMILES string of the molecule is CC(CCc1ccco1)NC(=O)N1CCN(Cc2nc3scc(-c4cccs4)c3c(=O)[nH]2)CC1. The summed E-state index contributed by atoms with van der Waals surface area (Å²) < 4.78 is 5.36. The van der Waals surface area contributed by atoms with E-state index in [0.29, 0.717) is 30.8 Å². The van der Waals surface area contributed by atoms with Crippen LogP contribution in [0.4, 0.5) is 4.79 Å². The first-order valence-electron chi connectivity index (χ1n) is 11.4. The Hall–Kier alpha value is -2.95. The van der Waals surface area contributed by atoms with Crippen LogP contribution in [0.25, 0.3) is 20.7 Å². The minimum absolute atomic E-state index is 0.0285. The van der Waals surface area contributed by atoms with Crippen molar-refractivity contribution in [1.29, 1.82) is 0 Å². The molecule has 1 aliphatic rings. The summed E-state index contributed by atoms with van der Waals surface area (Å²) in [6.45, 7) is 5.34. The third kappa shape index (κ3) is 5.08. The van der Waals surface area contributed by atoms with Gasteiger partial charge in [0.1, 0.15) is 16.4 Å². The van der Waals surface area contributed by atoms with Crippen LogP contribution in [0.5, 0.6) is 0 Å². The molecule has 2 N–H and O–H groups in total.